The van der Waals surface area contributed by atoms with Gasteiger partial charge in [0.2, 0.25) is 5.12 Å². The Morgan fingerprint density at radius 3 is 2.49 bits per heavy atom. The van der Waals surface area contributed by atoms with Gasteiger partial charge >= 0.3 is 5.97 Å². The predicted molar refractivity (Wildman–Crippen MR) is 134 cm³/mol. The van der Waals surface area contributed by atoms with Crippen LogP contribution in [0.2, 0.25) is 0 Å². The molecule has 5 unspecified atom stereocenters. The number of halogens is 2. The minimum Gasteiger partial charge on any atom is -0.449 e. The third-order valence-electron chi connectivity index (χ3n) is 9.61. The van der Waals surface area contributed by atoms with E-state index < -0.39 is 68.1 Å². The molecular weight excluding hydrogens is 504 g/mol. The maximum atomic E-state index is 17.4. The number of thioether (sulfide) groups is 1. The molecule has 7 nitrogen and oxygen atoms in total. The van der Waals surface area contributed by atoms with E-state index in [1.807, 2.05) is 0 Å². The van der Waals surface area contributed by atoms with E-state index in [2.05, 4.69) is 0 Å². The average molecular weight is 540 g/mol. The number of rotatable bonds is 3. The van der Waals surface area contributed by atoms with Crippen LogP contribution in [0.3, 0.4) is 0 Å². The lowest BCUT2D eigenvalue weighted by atomic mass is 9.45. The second kappa shape index (κ2) is 9.00. The molecule has 0 aliphatic heterocycles. The standard InChI is InChI=1S/C27H35F2NO6S/c1-7-21(33)36-27(22(34)37-23(35)30(5)6)14(2)10-16-17-12-19(28)18-11-15(31)8-9-24(18,3)26(17,29)20(32)13-25(16,27)4/h8-9,14,16-17,20,32H,7,10-13H2,1-6H3/t14-,16?,17?,20+,24?,25?,26+,27?/m1/s1. The van der Waals surface area contributed by atoms with Gasteiger partial charge in [0, 0.05) is 67.8 Å². The van der Waals surface area contributed by atoms with E-state index in [9.17, 15) is 24.3 Å². The zero-order valence-corrected chi connectivity index (χ0v) is 22.9. The van der Waals surface area contributed by atoms with Crippen molar-refractivity contribution >= 4 is 33.9 Å². The average Bonchev–Trinajstić information content (AvgIpc) is 3.04. The summed E-state index contributed by atoms with van der Waals surface area (Å²) in [6.45, 7) is 6.51. The molecule has 0 spiro atoms. The quantitative estimate of drug-likeness (QED) is 0.526. The van der Waals surface area contributed by atoms with E-state index in [1.165, 1.54) is 38.1 Å². The second-order valence-electron chi connectivity index (χ2n) is 11.6. The largest absolute Gasteiger partial charge is 0.449 e. The Balaban J connectivity index is 1.87. The molecule has 2 fully saturated rings. The molecule has 0 radical (unpaired) electrons. The summed E-state index contributed by atoms with van der Waals surface area (Å²) in [5, 5.41) is 10.3. The number of carbonyl (C=O) groups is 4. The fourth-order valence-corrected chi connectivity index (χ4v) is 8.66. The number of nitrogens with zero attached hydrogens (tertiary/aromatic N) is 1. The molecule has 0 saturated heterocycles. The molecule has 1 amide bonds. The number of fused-ring (bicyclic) bond motifs is 5. The number of allylic oxidation sites excluding steroid dienone is 4. The van der Waals surface area contributed by atoms with Gasteiger partial charge in [-0.25, -0.2) is 8.78 Å². The summed E-state index contributed by atoms with van der Waals surface area (Å²) in [5.74, 6) is -3.85. The Hall–Kier alpha value is -2.07. The lowest BCUT2D eigenvalue weighted by molar-refractivity contribution is -0.223. The molecule has 10 heteroatoms. The minimum atomic E-state index is -2.31. The van der Waals surface area contributed by atoms with Gasteiger partial charge in [-0.05, 0) is 37.3 Å². The van der Waals surface area contributed by atoms with Crippen molar-refractivity contribution in [3.8, 4) is 0 Å². The van der Waals surface area contributed by atoms with Crippen LogP contribution in [0.4, 0.5) is 13.6 Å². The number of amides is 1. The third kappa shape index (κ3) is 3.61. The summed E-state index contributed by atoms with van der Waals surface area (Å²) in [6, 6.07) is 0. The van der Waals surface area contributed by atoms with E-state index in [1.54, 1.807) is 20.8 Å². The molecule has 204 valence electrons. The van der Waals surface area contributed by atoms with Crippen LogP contribution in [0.1, 0.15) is 59.8 Å². The number of ether oxygens (including phenoxy) is 1. The van der Waals surface area contributed by atoms with Gasteiger partial charge in [0.1, 0.15) is 5.83 Å². The first-order valence-electron chi connectivity index (χ1n) is 12.7. The first kappa shape index (κ1) is 28.0. The van der Waals surface area contributed by atoms with Crippen molar-refractivity contribution in [3.63, 3.8) is 0 Å². The Morgan fingerprint density at radius 2 is 1.89 bits per heavy atom. The lowest BCUT2D eigenvalue weighted by Crippen LogP contribution is -2.69. The molecule has 0 aromatic carbocycles. The molecule has 0 aromatic heterocycles. The van der Waals surface area contributed by atoms with Crippen LogP contribution < -0.4 is 0 Å². The fraction of sp³-hybridized carbons (Fsp3) is 0.704. The van der Waals surface area contributed by atoms with Crippen LogP contribution in [-0.4, -0.2) is 63.6 Å². The van der Waals surface area contributed by atoms with E-state index in [0.29, 0.717) is 11.8 Å². The van der Waals surface area contributed by atoms with Crippen LogP contribution in [0.25, 0.3) is 0 Å². The van der Waals surface area contributed by atoms with Gasteiger partial charge in [-0.15, -0.1) is 0 Å². The summed E-state index contributed by atoms with van der Waals surface area (Å²) in [7, 11) is 2.99. The molecular formula is C27H35F2NO6S. The molecule has 4 aliphatic carbocycles. The number of alkyl halides is 1. The van der Waals surface area contributed by atoms with Crippen LogP contribution >= 0.6 is 11.8 Å². The summed E-state index contributed by atoms with van der Waals surface area (Å²) in [6.07, 6.45) is 0.373. The summed E-state index contributed by atoms with van der Waals surface area (Å²) in [5.41, 5.74) is -6.87. The Morgan fingerprint density at radius 1 is 1.24 bits per heavy atom. The topological polar surface area (TPSA) is 101 Å². The Labute approximate surface area is 220 Å². The molecule has 0 heterocycles. The molecule has 4 rings (SSSR count). The normalized spacial score (nSPS) is 42.6. The minimum absolute atomic E-state index is 0.0224. The maximum absolute atomic E-state index is 17.4. The van der Waals surface area contributed by atoms with Gasteiger partial charge in [0.05, 0.1) is 6.10 Å². The van der Waals surface area contributed by atoms with E-state index in [4.69, 9.17) is 4.74 Å². The van der Waals surface area contributed by atoms with E-state index in [0.717, 1.165) is 0 Å². The SMILES string of the molecule is CCC(=O)OC1(C(=O)SC(=O)N(C)C)[C@H](C)CC2C3CC(F)=C4CC(=O)C=CC4(C)[C@@]3(F)[C@@H](O)CC21C. The number of ketones is 1. The van der Waals surface area contributed by atoms with Crippen LogP contribution in [-0.2, 0) is 19.1 Å². The maximum Gasteiger partial charge on any atom is 0.306 e. The first-order valence-corrected chi connectivity index (χ1v) is 13.5. The first-order chi connectivity index (χ1) is 17.1. The highest BCUT2D eigenvalue weighted by Crippen LogP contribution is 2.72. The molecule has 1 N–H and O–H groups in total. The molecule has 37 heavy (non-hydrogen) atoms. The highest BCUT2D eigenvalue weighted by atomic mass is 32.2. The Bertz CT molecular complexity index is 1120. The van der Waals surface area contributed by atoms with Crippen molar-refractivity contribution in [2.24, 2.45) is 28.6 Å². The number of hydrogen-bond acceptors (Lipinski definition) is 7. The Kier molecular flexibility index (Phi) is 6.80. The van der Waals surface area contributed by atoms with Crippen molar-refractivity contribution in [2.75, 3.05) is 14.1 Å². The van der Waals surface area contributed by atoms with Crippen molar-refractivity contribution in [1.82, 2.24) is 4.90 Å². The number of aliphatic hydroxyl groups excluding tert-OH is 1. The van der Waals surface area contributed by atoms with E-state index in [-0.39, 0.29) is 43.5 Å². The van der Waals surface area contributed by atoms with Crippen LogP contribution in [0, 0.1) is 28.6 Å². The number of esters is 1. The van der Waals surface area contributed by atoms with Crippen molar-refractivity contribution in [2.45, 2.75) is 77.2 Å². The lowest BCUT2D eigenvalue weighted by Gasteiger charge is -2.62. The molecule has 4 aliphatic rings. The van der Waals surface area contributed by atoms with Crippen molar-refractivity contribution in [3.05, 3.63) is 23.6 Å². The molecule has 0 aromatic rings. The number of hydrogen-bond donors (Lipinski definition) is 1. The summed E-state index contributed by atoms with van der Waals surface area (Å²) >= 11 is 0.426. The monoisotopic (exact) mass is 539 g/mol. The van der Waals surface area contributed by atoms with Gasteiger partial charge in [-0.2, -0.15) is 0 Å². The molecule has 0 bridgehead atoms. The fourth-order valence-electron chi connectivity index (χ4n) is 7.69. The third-order valence-corrected chi connectivity index (χ3v) is 10.6. The zero-order chi connectivity index (χ0) is 27.7. The van der Waals surface area contributed by atoms with Crippen LogP contribution in [0.15, 0.2) is 23.6 Å². The number of aliphatic hydroxyl groups is 1. The van der Waals surface area contributed by atoms with Gasteiger partial charge < -0.3 is 14.7 Å². The molecule has 8 atom stereocenters. The summed E-state index contributed by atoms with van der Waals surface area (Å²) < 4.78 is 38.9. The van der Waals surface area contributed by atoms with Crippen LogP contribution in [0.5, 0.6) is 0 Å². The highest BCUT2D eigenvalue weighted by Gasteiger charge is 2.77. The van der Waals surface area contributed by atoms with Gasteiger partial charge in [0.15, 0.2) is 17.1 Å². The van der Waals surface area contributed by atoms with Gasteiger partial charge in [-0.3, -0.25) is 19.2 Å². The second-order valence-corrected chi connectivity index (χ2v) is 12.6. The van der Waals surface area contributed by atoms with Crippen molar-refractivity contribution < 1.29 is 37.8 Å². The van der Waals surface area contributed by atoms with Gasteiger partial charge in [0.25, 0.3) is 5.24 Å². The summed E-state index contributed by atoms with van der Waals surface area (Å²) in [4.78, 5) is 52.4. The van der Waals surface area contributed by atoms with E-state index >= 15 is 8.78 Å². The predicted octanol–water partition coefficient (Wildman–Crippen LogP) is 4.53. The molecule has 2 saturated carbocycles. The smallest absolute Gasteiger partial charge is 0.306 e. The van der Waals surface area contributed by atoms with Gasteiger partial charge in [-0.1, -0.05) is 26.8 Å². The zero-order valence-electron chi connectivity index (χ0n) is 22.1. The number of carbonyl (C=O) groups excluding carboxylic acids is 4. The highest BCUT2D eigenvalue weighted by molar-refractivity contribution is 8.26. The van der Waals surface area contributed by atoms with Crippen molar-refractivity contribution in [1.29, 1.82) is 0 Å².